The number of rotatable bonds is 4. The van der Waals surface area contributed by atoms with Crippen LogP contribution >= 0.6 is 11.6 Å². The topological polar surface area (TPSA) is 38.3 Å². The second kappa shape index (κ2) is 6.35. The van der Waals surface area contributed by atoms with Crippen molar-refractivity contribution >= 4 is 17.6 Å². The van der Waals surface area contributed by atoms with Crippen LogP contribution in [0.5, 0.6) is 0 Å². The molecule has 0 aliphatic heterocycles. The molecule has 3 nitrogen and oxygen atoms in total. The van der Waals surface area contributed by atoms with E-state index in [1.54, 1.807) is 12.1 Å². The van der Waals surface area contributed by atoms with Gasteiger partial charge in [0, 0.05) is 12.6 Å². The van der Waals surface area contributed by atoms with Gasteiger partial charge >= 0.3 is 5.97 Å². The van der Waals surface area contributed by atoms with Crippen LogP contribution in [-0.2, 0) is 16.1 Å². The molecule has 0 heterocycles. The monoisotopic (exact) mass is 285 g/mol. The van der Waals surface area contributed by atoms with E-state index in [0.717, 1.165) is 24.8 Å². The van der Waals surface area contributed by atoms with Crippen molar-refractivity contribution in [3.63, 3.8) is 0 Å². The molecule has 1 aromatic carbocycles. The molecule has 1 fully saturated rings. The first kappa shape index (κ1) is 14.3. The Bertz CT molecular complexity index is 467. The molecular weight excluding hydrogens is 269 g/mol. The van der Waals surface area contributed by atoms with Crippen LogP contribution in [0, 0.1) is 11.7 Å². The maximum atomic E-state index is 13.0. The van der Waals surface area contributed by atoms with Crippen LogP contribution in [0.4, 0.5) is 4.39 Å². The highest BCUT2D eigenvalue weighted by Gasteiger charge is 2.33. The number of ether oxygens (including phenoxy) is 1. The molecule has 0 unspecified atom stereocenters. The van der Waals surface area contributed by atoms with Gasteiger partial charge in [0.05, 0.1) is 18.1 Å². The molecule has 1 aromatic rings. The molecule has 0 radical (unpaired) electrons. The molecule has 5 heteroatoms. The minimum absolute atomic E-state index is 0.0825. The zero-order chi connectivity index (χ0) is 13.8. The first-order valence-electron chi connectivity index (χ1n) is 6.37. The fraction of sp³-hybridized carbons (Fsp3) is 0.500. The van der Waals surface area contributed by atoms with Gasteiger partial charge in [0.15, 0.2) is 0 Å². The standard InChI is InChI=1S/C14H17ClFNO2/c1-19-14(18)10-3-2-4-13(10)17-8-9-5-6-12(16)11(15)7-9/h5-7,10,13,17H,2-4,8H2,1H3/t10-,13+/m1/s1. The zero-order valence-electron chi connectivity index (χ0n) is 10.8. The molecule has 0 bridgehead atoms. The Labute approximate surface area is 117 Å². The second-order valence-electron chi connectivity index (χ2n) is 4.80. The number of esters is 1. The van der Waals surface area contributed by atoms with E-state index in [1.165, 1.54) is 13.2 Å². The van der Waals surface area contributed by atoms with Crippen molar-refractivity contribution in [2.24, 2.45) is 5.92 Å². The molecule has 0 saturated heterocycles. The molecule has 0 aromatic heterocycles. The lowest BCUT2D eigenvalue weighted by Crippen LogP contribution is -2.36. The van der Waals surface area contributed by atoms with E-state index >= 15 is 0 Å². The summed E-state index contributed by atoms with van der Waals surface area (Å²) in [4.78, 5) is 11.6. The first-order valence-corrected chi connectivity index (χ1v) is 6.74. The first-order chi connectivity index (χ1) is 9.11. The molecular formula is C14H17ClFNO2. The van der Waals surface area contributed by atoms with Crippen molar-refractivity contribution in [1.29, 1.82) is 0 Å². The average Bonchev–Trinajstić information content (AvgIpc) is 2.87. The van der Waals surface area contributed by atoms with E-state index in [2.05, 4.69) is 5.32 Å². The molecule has 104 valence electrons. The molecule has 1 N–H and O–H groups in total. The van der Waals surface area contributed by atoms with Crippen LogP contribution in [0.3, 0.4) is 0 Å². The largest absolute Gasteiger partial charge is 0.469 e. The Morgan fingerprint density at radius 3 is 3.00 bits per heavy atom. The van der Waals surface area contributed by atoms with Gasteiger partial charge in [-0.15, -0.1) is 0 Å². The third-order valence-electron chi connectivity index (χ3n) is 3.57. The van der Waals surface area contributed by atoms with Gasteiger partial charge in [0.25, 0.3) is 0 Å². The highest BCUT2D eigenvalue weighted by molar-refractivity contribution is 6.30. The average molecular weight is 286 g/mol. The number of carbonyl (C=O) groups excluding carboxylic acids is 1. The van der Waals surface area contributed by atoms with Gasteiger partial charge in [0.2, 0.25) is 0 Å². The Morgan fingerprint density at radius 1 is 1.53 bits per heavy atom. The molecule has 0 amide bonds. The smallest absolute Gasteiger partial charge is 0.310 e. The summed E-state index contributed by atoms with van der Waals surface area (Å²) >= 11 is 5.73. The summed E-state index contributed by atoms with van der Waals surface area (Å²) in [7, 11) is 1.41. The maximum Gasteiger partial charge on any atom is 0.310 e. The van der Waals surface area contributed by atoms with Crippen LogP contribution in [-0.4, -0.2) is 19.1 Å². The summed E-state index contributed by atoms with van der Waals surface area (Å²) in [5.41, 5.74) is 0.905. The normalized spacial score (nSPS) is 22.5. The van der Waals surface area contributed by atoms with Gasteiger partial charge in [-0.25, -0.2) is 4.39 Å². The van der Waals surface area contributed by atoms with Gasteiger partial charge in [-0.3, -0.25) is 4.79 Å². The second-order valence-corrected chi connectivity index (χ2v) is 5.20. The van der Waals surface area contributed by atoms with Gasteiger partial charge in [-0.2, -0.15) is 0 Å². The number of nitrogens with one attached hydrogen (secondary N) is 1. The molecule has 2 rings (SSSR count). The highest BCUT2D eigenvalue weighted by atomic mass is 35.5. The van der Waals surface area contributed by atoms with Crippen molar-refractivity contribution in [1.82, 2.24) is 5.32 Å². The van der Waals surface area contributed by atoms with Crippen LogP contribution in [0.2, 0.25) is 5.02 Å². The highest BCUT2D eigenvalue weighted by Crippen LogP contribution is 2.27. The fourth-order valence-electron chi connectivity index (χ4n) is 2.54. The Balaban J connectivity index is 1.94. The Kier molecular flexibility index (Phi) is 4.77. The van der Waals surface area contributed by atoms with E-state index in [4.69, 9.17) is 16.3 Å². The van der Waals surface area contributed by atoms with Crippen molar-refractivity contribution in [2.45, 2.75) is 31.8 Å². The molecule has 1 aliphatic carbocycles. The predicted molar refractivity (Wildman–Crippen MR) is 71.4 cm³/mol. The van der Waals surface area contributed by atoms with Gasteiger partial charge in [0.1, 0.15) is 5.82 Å². The quantitative estimate of drug-likeness (QED) is 0.865. The Hall–Kier alpha value is -1.13. The fourth-order valence-corrected chi connectivity index (χ4v) is 2.74. The van der Waals surface area contributed by atoms with Crippen molar-refractivity contribution in [2.75, 3.05) is 7.11 Å². The van der Waals surface area contributed by atoms with Crippen molar-refractivity contribution < 1.29 is 13.9 Å². The molecule has 1 saturated carbocycles. The van der Waals surface area contributed by atoms with Gasteiger partial charge < -0.3 is 10.1 Å². The van der Waals surface area contributed by atoms with Gasteiger partial charge in [-0.05, 0) is 30.5 Å². The van der Waals surface area contributed by atoms with Crippen LogP contribution in [0.25, 0.3) is 0 Å². The maximum absolute atomic E-state index is 13.0. The Morgan fingerprint density at radius 2 is 2.32 bits per heavy atom. The summed E-state index contributed by atoms with van der Waals surface area (Å²) in [6.45, 7) is 0.568. The summed E-state index contributed by atoms with van der Waals surface area (Å²) in [6.07, 6.45) is 2.82. The number of methoxy groups -OCH3 is 1. The zero-order valence-corrected chi connectivity index (χ0v) is 11.5. The molecule has 2 atom stereocenters. The third-order valence-corrected chi connectivity index (χ3v) is 3.86. The number of halogens is 2. The van der Waals surface area contributed by atoms with E-state index in [-0.39, 0.29) is 23.0 Å². The SMILES string of the molecule is COC(=O)[C@@H]1CCC[C@@H]1NCc1ccc(F)c(Cl)c1. The minimum atomic E-state index is -0.418. The number of benzene rings is 1. The predicted octanol–water partition coefficient (Wildman–Crippen LogP) is 2.91. The molecule has 1 aliphatic rings. The van der Waals surface area contributed by atoms with Crippen LogP contribution in [0.15, 0.2) is 18.2 Å². The molecule has 0 spiro atoms. The van der Waals surface area contributed by atoms with E-state index < -0.39 is 5.82 Å². The van der Waals surface area contributed by atoms with E-state index in [0.29, 0.717) is 6.54 Å². The van der Waals surface area contributed by atoms with E-state index in [9.17, 15) is 9.18 Å². The molecule has 19 heavy (non-hydrogen) atoms. The van der Waals surface area contributed by atoms with Gasteiger partial charge in [-0.1, -0.05) is 24.1 Å². The summed E-state index contributed by atoms with van der Waals surface area (Å²) < 4.78 is 17.8. The van der Waals surface area contributed by atoms with Crippen molar-refractivity contribution in [3.05, 3.63) is 34.6 Å². The van der Waals surface area contributed by atoms with Crippen molar-refractivity contribution in [3.8, 4) is 0 Å². The minimum Gasteiger partial charge on any atom is -0.469 e. The van der Waals surface area contributed by atoms with Crippen LogP contribution < -0.4 is 5.32 Å². The summed E-state index contributed by atoms with van der Waals surface area (Å²) in [5.74, 6) is -0.660. The lowest BCUT2D eigenvalue weighted by Gasteiger charge is -2.19. The van der Waals surface area contributed by atoms with Crippen LogP contribution in [0.1, 0.15) is 24.8 Å². The van der Waals surface area contributed by atoms with E-state index in [1.807, 2.05) is 0 Å². The summed E-state index contributed by atoms with van der Waals surface area (Å²) in [5, 5.41) is 3.45. The lowest BCUT2D eigenvalue weighted by atomic mass is 10.0. The lowest BCUT2D eigenvalue weighted by molar-refractivity contribution is -0.145. The third kappa shape index (κ3) is 3.45. The number of carbonyl (C=O) groups is 1. The number of hydrogen-bond donors (Lipinski definition) is 1. The number of hydrogen-bond acceptors (Lipinski definition) is 3. The summed E-state index contributed by atoms with van der Waals surface area (Å²) in [6, 6.07) is 4.77.